The molecule has 1 unspecified atom stereocenters. The van der Waals surface area contributed by atoms with Crippen LogP contribution in [0.2, 0.25) is 0 Å². The predicted molar refractivity (Wildman–Crippen MR) is 71.5 cm³/mol. The number of hydrogen-bond acceptors (Lipinski definition) is 4. The van der Waals surface area contributed by atoms with Gasteiger partial charge in [0.25, 0.3) is 5.91 Å². The van der Waals surface area contributed by atoms with Crippen LogP contribution in [0.5, 0.6) is 0 Å². The summed E-state index contributed by atoms with van der Waals surface area (Å²) in [7, 11) is 0. The highest BCUT2D eigenvalue weighted by molar-refractivity contribution is 6.06. The molecule has 20 heavy (non-hydrogen) atoms. The number of imide groups is 1. The first-order chi connectivity index (χ1) is 9.45. The van der Waals surface area contributed by atoms with E-state index in [4.69, 9.17) is 0 Å². The lowest BCUT2D eigenvalue weighted by atomic mass is 10.0. The molecule has 2 N–H and O–H groups in total. The number of rotatable bonds is 3. The zero-order chi connectivity index (χ0) is 14.9. The quantitative estimate of drug-likeness (QED) is 0.583. The van der Waals surface area contributed by atoms with Gasteiger partial charge in [0.05, 0.1) is 5.57 Å². The molecule has 0 aliphatic carbocycles. The lowest BCUT2D eigenvalue weighted by Crippen LogP contribution is -2.53. The summed E-state index contributed by atoms with van der Waals surface area (Å²) in [6, 6.07) is -0.683. The fourth-order valence-corrected chi connectivity index (χ4v) is 2.49. The van der Waals surface area contributed by atoms with E-state index in [1.807, 2.05) is 0 Å². The lowest BCUT2D eigenvalue weighted by Gasteiger charge is -2.29. The van der Waals surface area contributed by atoms with E-state index >= 15 is 0 Å². The van der Waals surface area contributed by atoms with Gasteiger partial charge in [0, 0.05) is 13.0 Å². The first-order valence-electron chi connectivity index (χ1n) is 6.34. The Morgan fingerprint density at radius 3 is 2.70 bits per heavy atom. The molecule has 0 radical (unpaired) electrons. The Bertz CT molecular complexity index is 560. The Hall–Kier alpha value is -2.37. The van der Waals surface area contributed by atoms with E-state index in [1.165, 1.54) is 4.90 Å². The molecule has 1 atom stereocenters. The van der Waals surface area contributed by atoms with Gasteiger partial charge < -0.3 is 10.0 Å². The molecule has 0 aromatic rings. The number of aliphatic hydroxyl groups is 1. The molecule has 0 aromatic carbocycles. The zero-order valence-corrected chi connectivity index (χ0v) is 11.2. The van der Waals surface area contributed by atoms with Crippen LogP contribution >= 0.6 is 0 Å². The van der Waals surface area contributed by atoms with E-state index in [-0.39, 0.29) is 30.2 Å². The zero-order valence-electron chi connectivity index (χ0n) is 11.2. The molecule has 3 amide bonds. The van der Waals surface area contributed by atoms with E-state index in [1.54, 1.807) is 19.1 Å². The van der Waals surface area contributed by atoms with Crippen LogP contribution in [0.15, 0.2) is 35.6 Å². The van der Waals surface area contributed by atoms with Crippen molar-refractivity contribution in [2.45, 2.75) is 25.8 Å². The maximum atomic E-state index is 12.3. The number of allylic oxidation sites excluding steroid dienone is 1. The molecular weight excluding hydrogens is 260 g/mol. The summed E-state index contributed by atoms with van der Waals surface area (Å²) >= 11 is 0. The minimum Gasteiger partial charge on any atom is -0.508 e. The van der Waals surface area contributed by atoms with Gasteiger partial charge in [0.15, 0.2) is 0 Å². The normalized spacial score (nSPS) is 23.8. The topological polar surface area (TPSA) is 86.7 Å². The van der Waals surface area contributed by atoms with Crippen LogP contribution in [0.1, 0.15) is 19.8 Å². The van der Waals surface area contributed by atoms with Gasteiger partial charge in [-0.05, 0) is 18.9 Å². The Balaban J connectivity index is 2.26. The van der Waals surface area contributed by atoms with Crippen LogP contribution in [0, 0.1) is 0 Å². The van der Waals surface area contributed by atoms with E-state index in [0.717, 1.165) is 0 Å². The van der Waals surface area contributed by atoms with Gasteiger partial charge in [-0.2, -0.15) is 0 Å². The van der Waals surface area contributed by atoms with Crippen molar-refractivity contribution in [2.24, 2.45) is 0 Å². The molecule has 6 heteroatoms. The molecule has 1 saturated heterocycles. The molecule has 2 rings (SSSR count). The second-order valence-corrected chi connectivity index (χ2v) is 4.75. The molecular formula is C14H16N2O4. The maximum absolute atomic E-state index is 12.3. The molecule has 6 nitrogen and oxygen atoms in total. The largest absolute Gasteiger partial charge is 0.508 e. The molecule has 2 aliphatic heterocycles. The third-order valence-corrected chi connectivity index (χ3v) is 3.38. The van der Waals surface area contributed by atoms with Crippen molar-refractivity contribution in [3.63, 3.8) is 0 Å². The smallest absolute Gasteiger partial charge is 0.258 e. The van der Waals surface area contributed by atoms with Crippen molar-refractivity contribution in [2.75, 3.05) is 6.54 Å². The van der Waals surface area contributed by atoms with Gasteiger partial charge in [-0.1, -0.05) is 18.7 Å². The SMILES string of the molecule is C=C(O)C1=C(/C=C\C)CN(C2CCC(=O)NC2=O)C1=O. The summed E-state index contributed by atoms with van der Waals surface area (Å²) in [4.78, 5) is 36.7. The number of nitrogens with one attached hydrogen (secondary N) is 1. The summed E-state index contributed by atoms with van der Waals surface area (Å²) in [6.45, 7) is 5.41. The van der Waals surface area contributed by atoms with Gasteiger partial charge in [0.2, 0.25) is 11.8 Å². The highest BCUT2D eigenvalue weighted by Crippen LogP contribution is 2.28. The number of carbonyl (C=O) groups excluding carboxylic acids is 3. The van der Waals surface area contributed by atoms with Crippen LogP contribution in [0.3, 0.4) is 0 Å². The van der Waals surface area contributed by atoms with Crippen LogP contribution < -0.4 is 5.32 Å². The Kier molecular flexibility index (Phi) is 3.74. The molecule has 0 bridgehead atoms. The fourth-order valence-electron chi connectivity index (χ4n) is 2.49. The number of hydrogen-bond donors (Lipinski definition) is 2. The average Bonchev–Trinajstić information content (AvgIpc) is 2.67. The summed E-state index contributed by atoms with van der Waals surface area (Å²) < 4.78 is 0. The Morgan fingerprint density at radius 2 is 2.15 bits per heavy atom. The van der Waals surface area contributed by atoms with Gasteiger partial charge >= 0.3 is 0 Å². The second-order valence-electron chi connectivity index (χ2n) is 4.75. The number of carbonyl (C=O) groups is 3. The van der Waals surface area contributed by atoms with E-state index < -0.39 is 17.9 Å². The molecule has 2 aliphatic rings. The highest BCUT2D eigenvalue weighted by Gasteiger charge is 2.40. The summed E-state index contributed by atoms with van der Waals surface area (Å²) in [6.07, 6.45) is 3.96. The van der Waals surface area contributed by atoms with Gasteiger partial charge in [-0.25, -0.2) is 0 Å². The van der Waals surface area contributed by atoms with Crippen LogP contribution in [-0.4, -0.2) is 40.3 Å². The fraction of sp³-hybridized carbons (Fsp3) is 0.357. The van der Waals surface area contributed by atoms with Crippen molar-refractivity contribution in [1.29, 1.82) is 0 Å². The van der Waals surface area contributed by atoms with Crippen LogP contribution in [0.4, 0.5) is 0 Å². The van der Waals surface area contributed by atoms with Gasteiger partial charge in [-0.15, -0.1) is 0 Å². The second kappa shape index (κ2) is 5.32. The Morgan fingerprint density at radius 1 is 1.45 bits per heavy atom. The van der Waals surface area contributed by atoms with Crippen molar-refractivity contribution in [1.82, 2.24) is 10.2 Å². The number of amides is 3. The van der Waals surface area contributed by atoms with Gasteiger partial charge in [0.1, 0.15) is 11.8 Å². The number of piperidine rings is 1. The average molecular weight is 276 g/mol. The predicted octanol–water partition coefficient (Wildman–Crippen LogP) is 0.578. The number of aliphatic hydroxyl groups excluding tert-OH is 1. The molecule has 1 fully saturated rings. The maximum Gasteiger partial charge on any atom is 0.258 e. The number of nitrogens with zero attached hydrogens (tertiary/aromatic N) is 1. The molecule has 2 heterocycles. The summed E-state index contributed by atoms with van der Waals surface area (Å²) in [5.41, 5.74) is 0.752. The monoisotopic (exact) mass is 276 g/mol. The minimum atomic E-state index is -0.683. The molecule has 0 aromatic heterocycles. The first kappa shape index (κ1) is 14.0. The highest BCUT2D eigenvalue weighted by atomic mass is 16.3. The summed E-state index contributed by atoms with van der Waals surface area (Å²) in [5.74, 6) is -1.54. The van der Waals surface area contributed by atoms with Gasteiger partial charge in [-0.3, -0.25) is 19.7 Å². The summed E-state index contributed by atoms with van der Waals surface area (Å²) in [5, 5.41) is 11.8. The van der Waals surface area contributed by atoms with E-state index in [2.05, 4.69) is 11.9 Å². The van der Waals surface area contributed by atoms with Crippen LogP contribution in [0.25, 0.3) is 0 Å². The van der Waals surface area contributed by atoms with Crippen molar-refractivity contribution in [3.8, 4) is 0 Å². The van der Waals surface area contributed by atoms with E-state index in [9.17, 15) is 19.5 Å². The third kappa shape index (κ3) is 2.36. The third-order valence-electron chi connectivity index (χ3n) is 3.38. The Labute approximate surface area is 116 Å². The van der Waals surface area contributed by atoms with Crippen LogP contribution in [-0.2, 0) is 14.4 Å². The first-order valence-corrected chi connectivity index (χ1v) is 6.34. The molecule has 0 spiro atoms. The standard InChI is InChI=1S/C14H16N2O4/c1-3-4-9-7-16(14(20)12(9)8(2)17)10-5-6-11(18)15-13(10)19/h3-4,10,17H,2,5-7H2,1H3,(H,15,18,19)/b4-3-. The van der Waals surface area contributed by atoms with Crippen molar-refractivity contribution < 1.29 is 19.5 Å². The molecule has 0 saturated carbocycles. The lowest BCUT2D eigenvalue weighted by molar-refractivity contribution is -0.142. The van der Waals surface area contributed by atoms with E-state index in [0.29, 0.717) is 12.0 Å². The minimum absolute atomic E-state index is 0.132. The van der Waals surface area contributed by atoms with Crippen molar-refractivity contribution in [3.05, 3.63) is 35.6 Å². The van der Waals surface area contributed by atoms with Crippen molar-refractivity contribution >= 4 is 17.7 Å². The molecule has 106 valence electrons.